The third kappa shape index (κ3) is 7.48. The summed E-state index contributed by atoms with van der Waals surface area (Å²) in [4.78, 5) is 16.0. The number of aromatic nitrogens is 1. The molecule has 6 nitrogen and oxygen atoms in total. The molecule has 0 saturated heterocycles. The van der Waals surface area contributed by atoms with Crippen LogP contribution >= 0.6 is 0 Å². The van der Waals surface area contributed by atoms with E-state index in [2.05, 4.69) is 15.0 Å². The Kier molecular flexibility index (Phi) is 7.94. The predicted octanol–water partition coefficient (Wildman–Crippen LogP) is 3.11. The van der Waals surface area contributed by atoms with E-state index < -0.39 is 15.3 Å². The number of unbranched alkanes of at least 4 members (excludes halogenated alkanes) is 1. The lowest BCUT2D eigenvalue weighted by atomic mass is 10.1. The third-order valence-electron chi connectivity index (χ3n) is 4.15. The minimum absolute atomic E-state index is 0.0661. The molecule has 0 bridgehead atoms. The van der Waals surface area contributed by atoms with Crippen LogP contribution in [0.25, 0.3) is 0 Å². The zero-order chi connectivity index (χ0) is 19.7. The standard InChI is InChI=1S/C20H27N3O3S/c1-16(2)27(25,26)22-12-4-3-5-20(24)23-19-8-6-17(7-9-19)15-18-10-13-21-14-11-18/h6-11,13-14,16,22H,3-5,12,15H2,1-2H3,(H,23,24). The predicted molar refractivity (Wildman–Crippen MR) is 108 cm³/mol. The molecule has 0 atom stereocenters. The number of amides is 1. The quantitative estimate of drug-likeness (QED) is 0.611. The van der Waals surface area contributed by atoms with Crippen LogP contribution < -0.4 is 10.0 Å². The van der Waals surface area contributed by atoms with Gasteiger partial charge in [-0.3, -0.25) is 9.78 Å². The van der Waals surface area contributed by atoms with Crippen molar-refractivity contribution in [1.29, 1.82) is 0 Å². The highest BCUT2D eigenvalue weighted by molar-refractivity contribution is 7.90. The van der Waals surface area contributed by atoms with Gasteiger partial charge in [-0.1, -0.05) is 12.1 Å². The Labute approximate surface area is 161 Å². The van der Waals surface area contributed by atoms with Crippen molar-refractivity contribution in [1.82, 2.24) is 9.71 Å². The molecule has 1 aromatic heterocycles. The summed E-state index contributed by atoms with van der Waals surface area (Å²) >= 11 is 0. The van der Waals surface area contributed by atoms with Crippen molar-refractivity contribution in [3.63, 3.8) is 0 Å². The van der Waals surface area contributed by atoms with Gasteiger partial charge in [-0.15, -0.1) is 0 Å². The first kappa shape index (κ1) is 21.1. The third-order valence-corrected chi connectivity index (χ3v) is 6.00. The molecule has 0 spiro atoms. The van der Waals surface area contributed by atoms with Gasteiger partial charge >= 0.3 is 0 Å². The average molecular weight is 390 g/mol. The monoisotopic (exact) mass is 389 g/mol. The van der Waals surface area contributed by atoms with Gasteiger partial charge in [0.2, 0.25) is 15.9 Å². The number of nitrogens with one attached hydrogen (secondary N) is 2. The topological polar surface area (TPSA) is 88.2 Å². The van der Waals surface area contributed by atoms with Crippen LogP contribution in [0, 0.1) is 0 Å². The molecular weight excluding hydrogens is 362 g/mol. The SMILES string of the molecule is CC(C)S(=O)(=O)NCCCCC(=O)Nc1ccc(Cc2ccncc2)cc1. The van der Waals surface area contributed by atoms with Crippen molar-refractivity contribution in [3.8, 4) is 0 Å². The lowest BCUT2D eigenvalue weighted by molar-refractivity contribution is -0.116. The van der Waals surface area contributed by atoms with E-state index in [1.807, 2.05) is 36.4 Å². The van der Waals surface area contributed by atoms with Crippen LogP contribution in [-0.2, 0) is 21.2 Å². The number of rotatable bonds is 10. The van der Waals surface area contributed by atoms with Crippen LogP contribution in [0.5, 0.6) is 0 Å². The second kappa shape index (κ2) is 10.2. The maximum atomic E-state index is 12.0. The Morgan fingerprint density at radius 1 is 1.00 bits per heavy atom. The van der Waals surface area contributed by atoms with E-state index in [9.17, 15) is 13.2 Å². The lowest BCUT2D eigenvalue weighted by Gasteiger charge is -2.09. The van der Waals surface area contributed by atoms with Gasteiger partial charge < -0.3 is 5.32 Å². The lowest BCUT2D eigenvalue weighted by Crippen LogP contribution is -2.31. The summed E-state index contributed by atoms with van der Waals surface area (Å²) in [6.45, 7) is 3.63. The summed E-state index contributed by atoms with van der Waals surface area (Å²) in [6, 6.07) is 11.7. The average Bonchev–Trinajstić information content (AvgIpc) is 2.64. The molecule has 2 rings (SSSR count). The normalized spacial score (nSPS) is 11.5. The molecule has 0 aliphatic heterocycles. The zero-order valence-electron chi connectivity index (χ0n) is 15.8. The fourth-order valence-electron chi connectivity index (χ4n) is 2.46. The van der Waals surface area contributed by atoms with Crippen LogP contribution in [0.1, 0.15) is 44.2 Å². The van der Waals surface area contributed by atoms with Crippen LogP contribution in [0.3, 0.4) is 0 Å². The molecule has 0 radical (unpaired) electrons. The maximum absolute atomic E-state index is 12.0. The molecule has 1 heterocycles. The van der Waals surface area contributed by atoms with E-state index in [0.29, 0.717) is 25.8 Å². The number of benzene rings is 1. The molecule has 0 unspecified atom stereocenters. The highest BCUT2D eigenvalue weighted by Gasteiger charge is 2.14. The Bertz CT molecular complexity index is 819. The highest BCUT2D eigenvalue weighted by Crippen LogP contribution is 2.14. The molecule has 0 fully saturated rings. The molecule has 0 aliphatic carbocycles. The summed E-state index contributed by atoms with van der Waals surface area (Å²) < 4.78 is 25.8. The van der Waals surface area contributed by atoms with Crippen molar-refractivity contribution in [3.05, 3.63) is 59.9 Å². The summed E-state index contributed by atoms with van der Waals surface area (Å²) in [7, 11) is -3.23. The van der Waals surface area contributed by atoms with E-state index >= 15 is 0 Å². The number of nitrogens with zero attached hydrogens (tertiary/aromatic N) is 1. The molecule has 0 aliphatic rings. The van der Waals surface area contributed by atoms with Gasteiger partial charge in [0.05, 0.1) is 5.25 Å². The van der Waals surface area contributed by atoms with E-state index in [1.54, 1.807) is 26.2 Å². The number of carbonyl (C=O) groups excluding carboxylic acids is 1. The first-order valence-electron chi connectivity index (χ1n) is 9.13. The van der Waals surface area contributed by atoms with E-state index in [1.165, 1.54) is 5.56 Å². The van der Waals surface area contributed by atoms with Crippen molar-refractivity contribution >= 4 is 21.6 Å². The van der Waals surface area contributed by atoms with Crippen LogP contribution in [0.4, 0.5) is 5.69 Å². The summed E-state index contributed by atoms with van der Waals surface area (Å²) in [5.41, 5.74) is 3.12. The summed E-state index contributed by atoms with van der Waals surface area (Å²) in [6.07, 6.45) is 6.00. The number of anilines is 1. The van der Waals surface area contributed by atoms with Crippen molar-refractivity contribution in [2.24, 2.45) is 0 Å². The molecule has 0 saturated carbocycles. The van der Waals surface area contributed by atoms with Crippen molar-refractivity contribution in [2.45, 2.75) is 44.8 Å². The fraction of sp³-hybridized carbons (Fsp3) is 0.400. The number of pyridine rings is 1. The highest BCUT2D eigenvalue weighted by atomic mass is 32.2. The molecule has 2 aromatic rings. The molecular formula is C20H27N3O3S. The number of hydrogen-bond acceptors (Lipinski definition) is 4. The van der Waals surface area contributed by atoms with Gasteiger partial charge in [-0.25, -0.2) is 13.1 Å². The molecule has 27 heavy (non-hydrogen) atoms. The Hall–Kier alpha value is -2.25. The van der Waals surface area contributed by atoms with Gasteiger partial charge in [-0.05, 0) is 68.5 Å². The molecule has 1 aromatic carbocycles. The minimum Gasteiger partial charge on any atom is -0.326 e. The number of sulfonamides is 1. The second-order valence-corrected chi connectivity index (χ2v) is 9.04. The van der Waals surface area contributed by atoms with Crippen LogP contribution in [0.15, 0.2) is 48.8 Å². The van der Waals surface area contributed by atoms with Gasteiger partial charge in [0.1, 0.15) is 0 Å². The van der Waals surface area contributed by atoms with Crippen molar-refractivity contribution in [2.75, 3.05) is 11.9 Å². The second-order valence-electron chi connectivity index (χ2n) is 6.72. The van der Waals surface area contributed by atoms with Crippen molar-refractivity contribution < 1.29 is 13.2 Å². The summed E-state index contributed by atoms with van der Waals surface area (Å²) in [5.74, 6) is -0.0661. The van der Waals surface area contributed by atoms with Gasteiger partial charge in [0.25, 0.3) is 0 Å². The van der Waals surface area contributed by atoms with Crippen LogP contribution in [0.2, 0.25) is 0 Å². The van der Waals surface area contributed by atoms with Crippen LogP contribution in [-0.4, -0.2) is 31.1 Å². The largest absolute Gasteiger partial charge is 0.326 e. The van der Waals surface area contributed by atoms with E-state index in [0.717, 1.165) is 17.7 Å². The maximum Gasteiger partial charge on any atom is 0.224 e. The first-order chi connectivity index (χ1) is 12.9. The summed E-state index contributed by atoms with van der Waals surface area (Å²) in [5, 5.41) is 2.43. The Morgan fingerprint density at radius 3 is 2.26 bits per heavy atom. The molecule has 7 heteroatoms. The smallest absolute Gasteiger partial charge is 0.224 e. The van der Waals surface area contributed by atoms with E-state index in [-0.39, 0.29) is 5.91 Å². The molecule has 1 amide bonds. The van der Waals surface area contributed by atoms with Gasteiger partial charge in [0.15, 0.2) is 0 Å². The molecule has 2 N–H and O–H groups in total. The minimum atomic E-state index is -3.23. The Balaban J connectivity index is 1.70. The fourth-order valence-corrected chi connectivity index (χ4v) is 3.22. The van der Waals surface area contributed by atoms with Gasteiger partial charge in [0, 0.05) is 31.0 Å². The van der Waals surface area contributed by atoms with Gasteiger partial charge in [-0.2, -0.15) is 0 Å². The zero-order valence-corrected chi connectivity index (χ0v) is 16.6. The molecule has 146 valence electrons. The first-order valence-corrected chi connectivity index (χ1v) is 10.7. The van der Waals surface area contributed by atoms with E-state index in [4.69, 9.17) is 0 Å². The number of hydrogen-bond donors (Lipinski definition) is 2. The Morgan fingerprint density at radius 2 is 1.63 bits per heavy atom. The number of carbonyl (C=O) groups is 1.